The molecular formula is C14H14Cl2N2OS. The molecule has 106 valence electrons. The number of ether oxygens (including phenoxy) is 1. The molecule has 0 aliphatic carbocycles. The molecule has 1 fully saturated rings. The molecule has 1 atom stereocenters. The molecule has 0 amide bonds. The number of halogens is 2. The molecule has 6 heteroatoms. The van der Waals surface area contributed by atoms with Crippen molar-refractivity contribution in [2.24, 2.45) is 0 Å². The lowest BCUT2D eigenvalue weighted by molar-refractivity contribution is 0.120. The van der Waals surface area contributed by atoms with E-state index < -0.39 is 0 Å². The average molecular weight is 329 g/mol. The minimum atomic E-state index is 0.307. The Balaban J connectivity index is 1.69. The first-order valence-corrected chi connectivity index (χ1v) is 8.12. The summed E-state index contributed by atoms with van der Waals surface area (Å²) in [4.78, 5) is 4.56. The zero-order valence-electron chi connectivity index (χ0n) is 10.7. The third-order valence-electron chi connectivity index (χ3n) is 3.22. The van der Waals surface area contributed by atoms with Gasteiger partial charge in [0.2, 0.25) is 0 Å². The van der Waals surface area contributed by atoms with Crippen LogP contribution in [0.4, 0.5) is 5.13 Å². The molecular weight excluding hydrogens is 315 g/mol. The van der Waals surface area contributed by atoms with Crippen LogP contribution in [0.1, 0.15) is 12.8 Å². The Kier molecular flexibility index (Phi) is 4.46. The van der Waals surface area contributed by atoms with Gasteiger partial charge in [0.1, 0.15) is 0 Å². The smallest absolute Gasteiger partial charge is 0.183 e. The summed E-state index contributed by atoms with van der Waals surface area (Å²) in [5.74, 6) is 0. The van der Waals surface area contributed by atoms with Crippen LogP contribution in [0.2, 0.25) is 10.0 Å². The molecule has 2 heterocycles. The highest BCUT2D eigenvalue weighted by atomic mass is 35.5. The van der Waals surface area contributed by atoms with Crippen molar-refractivity contribution in [3.63, 3.8) is 0 Å². The maximum atomic E-state index is 6.19. The van der Waals surface area contributed by atoms with Gasteiger partial charge < -0.3 is 10.1 Å². The number of aromatic nitrogens is 1. The summed E-state index contributed by atoms with van der Waals surface area (Å²) < 4.78 is 5.58. The van der Waals surface area contributed by atoms with E-state index in [0.717, 1.165) is 42.4 Å². The summed E-state index contributed by atoms with van der Waals surface area (Å²) in [7, 11) is 0. The molecule has 1 saturated heterocycles. The number of anilines is 1. The van der Waals surface area contributed by atoms with Crippen LogP contribution in [0.3, 0.4) is 0 Å². The van der Waals surface area contributed by atoms with Gasteiger partial charge in [-0.25, -0.2) is 4.98 Å². The number of thiazole rings is 1. The second-order valence-electron chi connectivity index (χ2n) is 4.68. The van der Waals surface area contributed by atoms with Crippen molar-refractivity contribution in [1.82, 2.24) is 4.98 Å². The summed E-state index contributed by atoms with van der Waals surface area (Å²) in [5.41, 5.74) is 1.77. The van der Waals surface area contributed by atoms with Gasteiger partial charge in [0.05, 0.1) is 16.8 Å². The molecule has 0 unspecified atom stereocenters. The molecule has 1 aliphatic rings. The van der Waals surface area contributed by atoms with Crippen molar-refractivity contribution in [2.45, 2.75) is 18.9 Å². The Labute approximate surface area is 131 Å². The van der Waals surface area contributed by atoms with Crippen LogP contribution in [0.5, 0.6) is 0 Å². The van der Waals surface area contributed by atoms with Crippen LogP contribution in [-0.2, 0) is 4.74 Å². The van der Waals surface area contributed by atoms with Crippen molar-refractivity contribution in [3.8, 4) is 11.3 Å². The molecule has 1 aromatic heterocycles. The molecule has 20 heavy (non-hydrogen) atoms. The van der Waals surface area contributed by atoms with Gasteiger partial charge in [0.25, 0.3) is 0 Å². The Hall–Kier alpha value is -0.810. The largest absolute Gasteiger partial charge is 0.376 e. The standard InChI is InChI=1S/C14H14Cl2N2OS/c15-9-3-4-11(12(16)6-9)13-8-20-14(18-13)17-7-10-2-1-5-19-10/h3-4,6,8,10H,1-2,5,7H2,(H,17,18)/t10-/m0/s1. The first-order chi connectivity index (χ1) is 9.72. The SMILES string of the molecule is Clc1ccc(-c2csc(NC[C@@H]3CCCO3)n2)c(Cl)c1. The van der Waals surface area contributed by atoms with Gasteiger partial charge in [0, 0.05) is 29.1 Å². The highest BCUT2D eigenvalue weighted by molar-refractivity contribution is 7.14. The normalized spacial score (nSPS) is 18.4. The number of rotatable bonds is 4. The van der Waals surface area contributed by atoms with E-state index in [-0.39, 0.29) is 0 Å². The van der Waals surface area contributed by atoms with Crippen molar-refractivity contribution < 1.29 is 4.74 Å². The van der Waals surface area contributed by atoms with Gasteiger partial charge in [0.15, 0.2) is 5.13 Å². The number of nitrogens with one attached hydrogen (secondary N) is 1. The molecule has 0 spiro atoms. The predicted molar refractivity (Wildman–Crippen MR) is 85.0 cm³/mol. The molecule has 1 aromatic carbocycles. The van der Waals surface area contributed by atoms with Crippen molar-refractivity contribution in [2.75, 3.05) is 18.5 Å². The van der Waals surface area contributed by atoms with Crippen LogP contribution in [0.15, 0.2) is 23.6 Å². The van der Waals surface area contributed by atoms with E-state index in [1.165, 1.54) is 0 Å². The topological polar surface area (TPSA) is 34.1 Å². The summed E-state index contributed by atoms with van der Waals surface area (Å²) >= 11 is 13.7. The van der Waals surface area contributed by atoms with Crippen LogP contribution < -0.4 is 5.32 Å². The zero-order chi connectivity index (χ0) is 13.9. The number of benzene rings is 1. The highest BCUT2D eigenvalue weighted by Crippen LogP contribution is 2.32. The van der Waals surface area contributed by atoms with Crippen molar-refractivity contribution in [1.29, 1.82) is 0 Å². The quantitative estimate of drug-likeness (QED) is 0.882. The molecule has 1 N–H and O–H groups in total. The van der Waals surface area contributed by atoms with E-state index in [1.807, 2.05) is 17.5 Å². The van der Waals surface area contributed by atoms with Gasteiger partial charge in [-0.2, -0.15) is 0 Å². The molecule has 0 bridgehead atoms. The van der Waals surface area contributed by atoms with Crippen molar-refractivity contribution >= 4 is 39.7 Å². The third kappa shape index (κ3) is 3.26. The Morgan fingerprint density at radius 3 is 3.05 bits per heavy atom. The van der Waals surface area contributed by atoms with Gasteiger partial charge in [-0.05, 0) is 31.0 Å². The first-order valence-electron chi connectivity index (χ1n) is 6.49. The second kappa shape index (κ2) is 6.31. The maximum absolute atomic E-state index is 6.19. The molecule has 0 radical (unpaired) electrons. The van der Waals surface area contributed by atoms with Crippen molar-refractivity contribution in [3.05, 3.63) is 33.6 Å². The van der Waals surface area contributed by atoms with E-state index in [9.17, 15) is 0 Å². The van der Waals surface area contributed by atoms with Gasteiger partial charge in [-0.1, -0.05) is 23.2 Å². The van der Waals surface area contributed by atoms with E-state index in [4.69, 9.17) is 27.9 Å². The fourth-order valence-corrected chi connectivity index (χ4v) is 3.41. The summed E-state index contributed by atoms with van der Waals surface area (Å²) in [6.45, 7) is 1.68. The lowest BCUT2D eigenvalue weighted by Crippen LogP contribution is -2.18. The molecule has 1 aliphatic heterocycles. The van der Waals surface area contributed by atoms with E-state index in [1.54, 1.807) is 17.4 Å². The number of hydrogen-bond donors (Lipinski definition) is 1. The van der Waals surface area contributed by atoms with Gasteiger partial charge in [-0.3, -0.25) is 0 Å². The van der Waals surface area contributed by atoms with Crippen LogP contribution >= 0.6 is 34.5 Å². The summed E-state index contributed by atoms with van der Waals surface area (Å²) in [5, 5.41) is 7.45. The van der Waals surface area contributed by atoms with E-state index in [0.29, 0.717) is 16.1 Å². The van der Waals surface area contributed by atoms with Crippen LogP contribution in [0, 0.1) is 0 Å². The number of nitrogens with zero attached hydrogens (tertiary/aromatic N) is 1. The highest BCUT2D eigenvalue weighted by Gasteiger charge is 2.16. The van der Waals surface area contributed by atoms with Crippen LogP contribution in [0.25, 0.3) is 11.3 Å². The summed E-state index contributed by atoms with van der Waals surface area (Å²) in [6.07, 6.45) is 2.57. The Morgan fingerprint density at radius 1 is 1.40 bits per heavy atom. The van der Waals surface area contributed by atoms with E-state index >= 15 is 0 Å². The fraction of sp³-hybridized carbons (Fsp3) is 0.357. The fourth-order valence-electron chi connectivity index (χ4n) is 2.18. The second-order valence-corrected chi connectivity index (χ2v) is 6.38. The molecule has 2 aromatic rings. The average Bonchev–Trinajstić information content (AvgIpc) is 3.07. The first kappa shape index (κ1) is 14.1. The third-order valence-corrected chi connectivity index (χ3v) is 4.56. The minimum absolute atomic E-state index is 0.307. The molecule has 0 saturated carbocycles. The molecule has 3 rings (SSSR count). The van der Waals surface area contributed by atoms with Gasteiger partial charge >= 0.3 is 0 Å². The number of hydrogen-bond acceptors (Lipinski definition) is 4. The Bertz CT molecular complexity index is 597. The lowest BCUT2D eigenvalue weighted by atomic mass is 10.2. The van der Waals surface area contributed by atoms with Gasteiger partial charge in [-0.15, -0.1) is 11.3 Å². The molecule has 3 nitrogen and oxygen atoms in total. The Morgan fingerprint density at radius 2 is 2.30 bits per heavy atom. The zero-order valence-corrected chi connectivity index (χ0v) is 13.1. The summed E-state index contributed by atoms with van der Waals surface area (Å²) in [6, 6.07) is 5.45. The predicted octanol–water partition coefficient (Wildman–Crippen LogP) is 4.71. The lowest BCUT2D eigenvalue weighted by Gasteiger charge is -2.09. The maximum Gasteiger partial charge on any atom is 0.183 e. The monoisotopic (exact) mass is 328 g/mol. The van der Waals surface area contributed by atoms with E-state index in [2.05, 4.69) is 10.3 Å². The van der Waals surface area contributed by atoms with Crippen LogP contribution in [-0.4, -0.2) is 24.2 Å². The minimum Gasteiger partial charge on any atom is -0.376 e.